The topological polar surface area (TPSA) is 98.8 Å². The number of fused-ring (bicyclic) bond motifs is 2. The van der Waals surface area contributed by atoms with Gasteiger partial charge in [0.05, 0.1) is 18.1 Å². The van der Waals surface area contributed by atoms with Crippen molar-refractivity contribution in [2.24, 2.45) is 0 Å². The van der Waals surface area contributed by atoms with E-state index in [0.29, 0.717) is 11.4 Å². The van der Waals surface area contributed by atoms with Crippen molar-refractivity contribution >= 4 is 33.7 Å². The molecule has 0 bridgehead atoms. The van der Waals surface area contributed by atoms with Gasteiger partial charge in [-0.15, -0.1) is 0 Å². The zero-order valence-corrected chi connectivity index (χ0v) is 14.8. The minimum atomic E-state index is -0.364. The van der Waals surface area contributed by atoms with Crippen LogP contribution in [0.2, 0.25) is 0 Å². The summed E-state index contributed by atoms with van der Waals surface area (Å²) in [5, 5.41) is 1.81. The lowest BCUT2D eigenvalue weighted by atomic mass is 10.1. The van der Waals surface area contributed by atoms with Crippen molar-refractivity contribution in [3.05, 3.63) is 42.4 Å². The number of anilines is 1. The number of aromatic nitrogens is 4. The lowest BCUT2D eigenvalue weighted by molar-refractivity contribution is 0.0601. The van der Waals surface area contributed by atoms with Crippen LogP contribution in [0.25, 0.3) is 33.2 Å². The largest absolute Gasteiger partial charge is 0.465 e. The van der Waals surface area contributed by atoms with Gasteiger partial charge in [0.1, 0.15) is 17.8 Å². The summed E-state index contributed by atoms with van der Waals surface area (Å²) in [6, 6.07) is 7.69. The quantitative estimate of drug-likeness (QED) is 0.551. The van der Waals surface area contributed by atoms with E-state index in [-0.39, 0.29) is 12.0 Å². The van der Waals surface area contributed by atoms with Crippen molar-refractivity contribution in [1.82, 2.24) is 19.5 Å². The second kappa shape index (κ2) is 5.87. The number of hydrogen-bond donors (Lipinski definition) is 2. The molecule has 0 spiro atoms. The van der Waals surface area contributed by atoms with Gasteiger partial charge in [0.15, 0.2) is 0 Å². The number of nitrogens with zero attached hydrogens (tertiary/aromatic N) is 3. The molecule has 1 aromatic carbocycles. The van der Waals surface area contributed by atoms with Gasteiger partial charge < -0.3 is 20.0 Å². The number of hydrogen-bond acceptors (Lipinski definition) is 5. The van der Waals surface area contributed by atoms with E-state index < -0.39 is 0 Å². The maximum atomic E-state index is 11.8. The molecule has 7 heteroatoms. The summed E-state index contributed by atoms with van der Waals surface area (Å²) in [5.41, 5.74) is 10.1. The molecular formula is C19H19N5O2. The molecule has 3 aromatic heterocycles. The van der Waals surface area contributed by atoms with Gasteiger partial charge in [-0.3, -0.25) is 0 Å². The highest BCUT2D eigenvalue weighted by molar-refractivity contribution is 6.03. The monoisotopic (exact) mass is 349 g/mol. The fourth-order valence-corrected chi connectivity index (χ4v) is 3.22. The number of carbonyl (C=O) groups excluding carboxylic acids is 1. The highest BCUT2D eigenvalue weighted by atomic mass is 16.5. The SMILES string of the molecule is COC(=O)c1ccc2cc(-c3cn(C(C)C)c4ncnc(N)c34)[nH]c2c1. The molecule has 132 valence electrons. The molecule has 4 rings (SSSR count). The van der Waals surface area contributed by atoms with Gasteiger partial charge in [0.25, 0.3) is 0 Å². The molecule has 0 radical (unpaired) electrons. The van der Waals surface area contributed by atoms with Gasteiger partial charge in [0.2, 0.25) is 0 Å². The minimum absolute atomic E-state index is 0.232. The van der Waals surface area contributed by atoms with E-state index in [1.807, 2.05) is 18.3 Å². The van der Waals surface area contributed by atoms with Crippen LogP contribution in [-0.2, 0) is 4.74 Å². The molecule has 0 aliphatic heterocycles. The van der Waals surface area contributed by atoms with Gasteiger partial charge >= 0.3 is 5.97 Å². The lowest BCUT2D eigenvalue weighted by Gasteiger charge is -2.07. The summed E-state index contributed by atoms with van der Waals surface area (Å²) in [6.45, 7) is 4.19. The Kier molecular flexibility index (Phi) is 3.64. The molecule has 0 aliphatic rings. The van der Waals surface area contributed by atoms with Crippen LogP contribution in [0.4, 0.5) is 5.82 Å². The van der Waals surface area contributed by atoms with Crippen LogP contribution in [0.15, 0.2) is 36.8 Å². The zero-order valence-electron chi connectivity index (χ0n) is 14.8. The highest BCUT2D eigenvalue weighted by Gasteiger charge is 2.18. The summed E-state index contributed by atoms with van der Waals surface area (Å²) in [4.78, 5) is 23.7. The Labute approximate surface area is 149 Å². The fourth-order valence-electron chi connectivity index (χ4n) is 3.22. The third-order valence-corrected chi connectivity index (χ3v) is 4.53. The number of esters is 1. The third-order valence-electron chi connectivity index (χ3n) is 4.53. The summed E-state index contributed by atoms with van der Waals surface area (Å²) in [7, 11) is 1.37. The Morgan fingerprint density at radius 3 is 2.81 bits per heavy atom. The highest BCUT2D eigenvalue weighted by Crippen LogP contribution is 2.35. The first-order valence-electron chi connectivity index (χ1n) is 8.32. The van der Waals surface area contributed by atoms with Crippen LogP contribution in [-0.4, -0.2) is 32.6 Å². The number of carbonyl (C=O) groups is 1. The fraction of sp³-hybridized carbons (Fsp3) is 0.211. The molecule has 0 fully saturated rings. The molecule has 3 heterocycles. The van der Waals surface area contributed by atoms with Gasteiger partial charge in [-0.2, -0.15) is 0 Å². The van der Waals surface area contributed by atoms with Gasteiger partial charge in [0, 0.05) is 34.4 Å². The molecule has 0 atom stereocenters. The molecule has 4 aromatic rings. The maximum absolute atomic E-state index is 11.8. The predicted octanol–water partition coefficient (Wildman–Crippen LogP) is 3.53. The second-order valence-corrected chi connectivity index (χ2v) is 6.48. The number of benzene rings is 1. The number of nitrogens with one attached hydrogen (secondary N) is 1. The number of H-pyrrole nitrogens is 1. The molecule has 0 amide bonds. The smallest absolute Gasteiger partial charge is 0.337 e. The molecule has 0 saturated carbocycles. The second-order valence-electron chi connectivity index (χ2n) is 6.48. The molecule has 3 N–H and O–H groups in total. The number of nitrogens with two attached hydrogens (primary N) is 1. The number of rotatable bonds is 3. The standard InChI is InChI=1S/C19H19N5O2/c1-10(2)24-8-13(16-17(20)21-9-22-18(16)24)15-6-11-4-5-12(19(25)26-3)7-14(11)23-15/h4-10,23H,1-3H3,(H2,20,21,22). The molecule has 0 aliphatic carbocycles. The average Bonchev–Trinajstić information content (AvgIpc) is 3.22. The van der Waals surface area contributed by atoms with Crippen LogP contribution in [0, 0.1) is 0 Å². The number of aromatic amines is 1. The molecule has 7 nitrogen and oxygen atoms in total. The Morgan fingerprint density at radius 2 is 2.08 bits per heavy atom. The molecule has 0 saturated heterocycles. The average molecular weight is 349 g/mol. The van der Waals surface area contributed by atoms with Crippen molar-refractivity contribution in [2.75, 3.05) is 12.8 Å². The van der Waals surface area contributed by atoms with Crippen LogP contribution in [0.1, 0.15) is 30.2 Å². The molecule has 0 unspecified atom stereocenters. The number of ether oxygens (including phenoxy) is 1. The summed E-state index contributed by atoms with van der Waals surface area (Å²) in [6.07, 6.45) is 3.51. The minimum Gasteiger partial charge on any atom is -0.465 e. The first-order valence-corrected chi connectivity index (χ1v) is 8.32. The Morgan fingerprint density at radius 1 is 1.27 bits per heavy atom. The van der Waals surface area contributed by atoms with E-state index >= 15 is 0 Å². The van der Waals surface area contributed by atoms with Gasteiger partial charge in [-0.25, -0.2) is 14.8 Å². The van der Waals surface area contributed by atoms with E-state index in [1.54, 1.807) is 12.1 Å². The van der Waals surface area contributed by atoms with Crippen LogP contribution >= 0.6 is 0 Å². The van der Waals surface area contributed by atoms with Crippen molar-refractivity contribution in [1.29, 1.82) is 0 Å². The van der Waals surface area contributed by atoms with Crippen molar-refractivity contribution < 1.29 is 9.53 Å². The van der Waals surface area contributed by atoms with E-state index in [9.17, 15) is 4.79 Å². The van der Waals surface area contributed by atoms with Crippen molar-refractivity contribution in [2.45, 2.75) is 19.9 Å². The van der Waals surface area contributed by atoms with E-state index in [1.165, 1.54) is 13.4 Å². The Hall–Kier alpha value is -3.35. The van der Waals surface area contributed by atoms with E-state index in [0.717, 1.165) is 33.2 Å². The van der Waals surface area contributed by atoms with Crippen LogP contribution in [0.3, 0.4) is 0 Å². The van der Waals surface area contributed by atoms with Crippen LogP contribution in [0.5, 0.6) is 0 Å². The van der Waals surface area contributed by atoms with E-state index in [2.05, 4.69) is 33.4 Å². The van der Waals surface area contributed by atoms with E-state index in [4.69, 9.17) is 10.5 Å². The molecule has 26 heavy (non-hydrogen) atoms. The Bertz CT molecular complexity index is 1140. The van der Waals surface area contributed by atoms with Crippen molar-refractivity contribution in [3.63, 3.8) is 0 Å². The zero-order chi connectivity index (χ0) is 18.4. The predicted molar refractivity (Wildman–Crippen MR) is 101 cm³/mol. The first kappa shape index (κ1) is 16.1. The summed E-state index contributed by atoms with van der Waals surface area (Å²) >= 11 is 0. The lowest BCUT2D eigenvalue weighted by Crippen LogP contribution is -2.00. The van der Waals surface area contributed by atoms with Gasteiger partial charge in [-0.1, -0.05) is 6.07 Å². The van der Waals surface area contributed by atoms with Crippen LogP contribution < -0.4 is 5.73 Å². The Balaban J connectivity index is 1.94. The number of nitrogen functional groups attached to an aromatic ring is 1. The number of methoxy groups -OCH3 is 1. The normalized spacial score (nSPS) is 11.5. The molecular weight excluding hydrogens is 330 g/mol. The van der Waals surface area contributed by atoms with Crippen molar-refractivity contribution in [3.8, 4) is 11.3 Å². The third kappa shape index (κ3) is 2.40. The maximum Gasteiger partial charge on any atom is 0.337 e. The first-order chi connectivity index (χ1) is 12.5. The van der Waals surface area contributed by atoms with Gasteiger partial charge in [-0.05, 0) is 32.0 Å². The summed E-state index contributed by atoms with van der Waals surface area (Å²) in [5.74, 6) is 0.0791. The summed E-state index contributed by atoms with van der Waals surface area (Å²) < 4.78 is 6.87.